The van der Waals surface area contributed by atoms with Crippen molar-refractivity contribution in [1.82, 2.24) is 20.3 Å². The number of amides is 1. The van der Waals surface area contributed by atoms with E-state index in [9.17, 15) is 4.79 Å². The van der Waals surface area contributed by atoms with E-state index in [0.29, 0.717) is 18.7 Å². The van der Waals surface area contributed by atoms with Gasteiger partial charge in [0.25, 0.3) is 5.91 Å². The molecular weight excluding hydrogens is 204 g/mol. The van der Waals surface area contributed by atoms with Crippen LogP contribution in [-0.4, -0.2) is 27.4 Å². The minimum Gasteiger partial charge on any atom is -0.350 e. The van der Waals surface area contributed by atoms with Crippen LogP contribution in [-0.2, 0) is 6.54 Å². The van der Waals surface area contributed by atoms with Gasteiger partial charge in [-0.05, 0) is 12.1 Å². The molecule has 0 aliphatic carbocycles. The minimum absolute atomic E-state index is 0.0762. The summed E-state index contributed by atoms with van der Waals surface area (Å²) in [5.41, 5.74) is 0.663. The first-order chi connectivity index (χ1) is 7.86. The summed E-state index contributed by atoms with van der Waals surface area (Å²) in [5, 5.41) is 10.7. The molecule has 0 saturated heterocycles. The molecule has 1 N–H and O–H groups in total. The highest BCUT2D eigenvalue weighted by Gasteiger charge is 2.02. The van der Waals surface area contributed by atoms with Crippen LogP contribution in [0.1, 0.15) is 10.4 Å². The summed E-state index contributed by atoms with van der Waals surface area (Å²) >= 11 is 0. The molecule has 1 aromatic heterocycles. The van der Waals surface area contributed by atoms with E-state index in [1.165, 1.54) is 4.80 Å². The van der Waals surface area contributed by atoms with Crippen molar-refractivity contribution in [3.05, 3.63) is 48.3 Å². The molecule has 5 heteroatoms. The van der Waals surface area contributed by atoms with E-state index in [1.54, 1.807) is 24.5 Å². The van der Waals surface area contributed by atoms with Crippen LogP contribution in [0.15, 0.2) is 42.7 Å². The molecule has 0 aliphatic heterocycles. The maximum atomic E-state index is 11.6. The topological polar surface area (TPSA) is 59.8 Å². The molecule has 82 valence electrons. The van der Waals surface area contributed by atoms with E-state index < -0.39 is 0 Å². The molecule has 0 saturated carbocycles. The van der Waals surface area contributed by atoms with Gasteiger partial charge in [-0.15, -0.1) is 0 Å². The van der Waals surface area contributed by atoms with Gasteiger partial charge in [0.05, 0.1) is 18.9 Å². The lowest BCUT2D eigenvalue weighted by molar-refractivity contribution is 0.0951. The van der Waals surface area contributed by atoms with Crippen molar-refractivity contribution >= 4 is 5.91 Å². The maximum Gasteiger partial charge on any atom is 0.251 e. The largest absolute Gasteiger partial charge is 0.350 e. The molecule has 1 aromatic carbocycles. The summed E-state index contributed by atoms with van der Waals surface area (Å²) in [6.45, 7) is 1.09. The second-order valence-electron chi connectivity index (χ2n) is 3.25. The molecule has 0 bridgehead atoms. The Morgan fingerprint density at radius 1 is 1.19 bits per heavy atom. The van der Waals surface area contributed by atoms with Crippen molar-refractivity contribution in [2.45, 2.75) is 6.54 Å². The first-order valence-electron chi connectivity index (χ1n) is 5.03. The molecule has 0 atom stereocenters. The van der Waals surface area contributed by atoms with E-state index in [0.717, 1.165) is 0 Å². The van der Waals surface area contributed by atoms with E-state index in [4.69, 9.17) is 0 Å². The second kappa shape index (κ2) is 5.06. The van der Waals surface area contributed by atoms with Crippen molar-refractivity contribution in [3.63, 3.8) is 0 Å². The van der Waals surface area contributed by atoms with Crippen LogP contribution in [0, 0.1) is 0 Å². The Balaban J connectivity index is 1.81. The summed E-state index contributed by atoms with van der Waals surface area (Å²) in [4.78, 5) is 13.1. The summed E-state index contributed by atoms with van der Waals surface area (Å²) in [6.07, 6.45) is 3.22. The summed E-state index contributed by atoms with van der Waals surface area (Å²) in [7, 11) is 0. The van der Waals surface area contributed by atoms with Gasteiger partial charge < -0.3 is 5.32 Å². The van der Waals surface area contributed by atoms with Gasteiger partial charge in [-0.25, -0.2) is 0 Å². The van der Waals surface area contributed by atoms with Crippen molar-refractivity contribution in [2.24, 2.45) is 0 Å². The molecule has 16 heavy (non-hydrogen) atoms. The van der Waals surface area contributed by atoms with Crippen molar-refractivity contribution < 1.29 is 4.79 Å². The molecule has 1 heterocycles. The SMILES string of the molecule is O=C(NCCn1nccn1)c1ccccc1. The Kier molecular flexibility index (Phi) is 3.28. The summed E-state index contributed by atoms with van der Waals surface area (Å²) < 4.78 is 0. The highest BCUT2D eigenvalue weighted by molar-refractivity contribution is 5.94. The number of hydrogen-bond donors (Lipinski definition) is 1. The molecule has 0 aliphatic rings. The van der Waals surface area contributed by atoms with Crippen LogP contribution >= 0.6 is 0 Å². The number of rotatable bonds is 4. The van der Waals surface area contributed by atoms with E-state index in [2.05, 4.69) is 15.5 Å². The second-order valence-corrected chi connectivity index (χ2v) is 3.25. The van der Waals surface area contributed by atoms with Crippen molar-refractivity contribution in [3.8, 4) is 0 Å². The first-order valence-corrected chi connectivity index (χ1v) is 5.03. The average Bonchev–Trinajstić information content (AvgIpc) is 2.83. The Hall–Kier alpha value is -2.17. The van der Waals surface area contributed by atoms with Crippen LogP contribution in [0.25, 0.3) is 0 Å². The normalized spacial score (nSPS) is 10.0. The van der Waals surface area contributed by atoms with Crippen LogP contribution in [0.2, 0.25) is 0 Å². The molecule has 2 rings (SSSR count). The number of nitrogens with one attached hydrogen (secondary N) is 1. The molecular formula is C11H12N4O. The smallest absolute Gasteiger partial charge is 0.251 e. The van der Waals surface area contributed by atoms with Gasteiger partial charge in [-0.3, -0.25) is 4.79 Å². The predicted molar refractivity (Wildman–Crippen MR) is 58.8 cm³/mol. The molecule has 0 radical (unpaired) electrons. The highest BCUT2D eigenvalue weighted by Crippen LogP contribution is 1.97. The third-order valence-corrected chi connectivity index (χ3v) is 2.10. The Morgan fingerprint density at radius 2 is 1.88 bits per heavy atom. The van der Waals surface area contributed by atoms with Gasteiger partial charge >= 0.3 is 0 Å². The first kappa shape index (κ1) is 10.4. The predicted octanol–water partition coefficient (Wildman–Crippen LogP) is 0.708. The van der Waals surface area contributed by atoms with Gasteiger partial charge in [0.2, 0.25) is 0 Å². The number of benzene rings is 1. The third-order valence-electron chi connectivity index (χ3n) is 2.10. The zero-order valence-electron chi connectivity index (χ0n) is 8.71. The molecule has 2 aromatic rings. The quantitative estimate of drug-likeness (QED) is 0.818. The van der Waals surface area contributed by atoms with Gasteiger partial charge in [0.15, 0.2) is 0 Å². The number of carbonyl (C=O) groups is 1. The lowest BCUT2D eigenvalue weighted by Crippen LogP contribution is -2.27. The average molecular weight is 216 g/mol. The molecule has 1 amide bonds. The lowest BCUT2D eigenvalue weighted by atomic mass is 10.2. The maximum absolute atomic E-state index is 11.6. The van der Waals surface area contributed by atoms with Crippen LogP contribution in [0.4, 0.5) is 0 Å². The van der Waals surface area contributed by atoms with Crippen LogP contribution in [0.5, 0.6) is 0 Å². The Morgan fingerprint density at radius 3 is 2.56 bits per heavy atom. The van der Waals surface area contributed by atoms with E-state index in [1.807, 2.05) is 18.2 Å². The monoisotopic (exact) mass is 216 g/mol. The highest BCUT2D eigenvalue weighted by atomic mass is 16.1. The fourth-order valence-electron chi connectivity index (χ4n) is 1.32. The fourth-order valence-corrected chi connectivity index (χ4v) is 1.32. The third kappa shape index (κ3) is 2.66. The van der Waals surface area contributed by atoms with Gasteiger partial charge in [-0.2, -0.15) is 15.0 Å². The fraction of sp³-hybridized carbons (Fsp3) is 0.182. The lowest BCUT2D eigenvalue weighted by Gasteiger charge is -2.04. The standard InChI is InChI=1S/C11H12N4O/c16-11(10-4-2-1-3-5-10)12-8-9-15-13-6-7-14-15/h1-7H,8-9H2,(H,12,16). The minimum atomic E-state index is -0.0762. The van der Waals surface area contributed by atoms with Gasteiger partial charge in [-0.1, -0.05) is 18.2 Å². The van der Waals surface area contributed by atoms with Crippen LogP contribution < -0.4 is 5.32 Å². The van der Waals surface area contributed by atoms with Gasteiger partial charge in [0, 0.05) is 12.1 Å². The number of hydrogen-bond acceptors (Lipinski definition) is 3. The number of aromatic nitrogens is 3. The Labute approximate surface area is 93.1 Å². The van der Waals surface area contributed by atoms with Crippen molar-refractivity contribution in [1.29, 1.82) is 0 Å². The molecule has 0 unspecified atom stereocenters. The number of carbonyl (C=O) groups excluding carboxylic acids is 1. The number of nitrogens with zero attached hydrogens (tertiary/aromatic N) is 3. The van der Waals surface area contributed by atoms with Crippen LogP contribution in [0.3, 0.4) is 0 Å². The van der Waals surface area contributed by atoms with E-state index >= 15 is 0 Å². The summed E-state index contributed by atoms with van der Waals surface area (Å²) in [6, 6.07) is 9.11. The Bertz CT molecular complexity index is 438. The molecule has 0 fully saturated rings. The molecule has 0 spiro atoms. The zero-order valence-corrected chi connectivity index (χ0v) is 8.71. The van der Waals surface area contributed by atoms with Crippen molar-refractivity contribution in [2.75, 3.05) is 6.54 Å². The van der Waals surface area contributed by atoms with E-state index in [-0.39, 0.29) is 5.91 Å². The van der Waals surface area contributed by atoms with Gasteiger partial charge in [0.1, 0.15) is 0 Å². The zero-order chi connectivity index (χ0) is 11.2. The molecule has 5 nitrogen and oxygen atoms in total. The summed E-state index contributed by atoms with van der Waals surface area (Å²) in [5.74, 6) is -0.0762.